The Morgan fingerprint density at radius 1 is 1.28 bits per heavy atom. The summed E-state index contributed by atoms with van der Waals surface area (Å²) in [6.07, 6.45) is 0.241. The highest BCUT2D eigenvalue weighted by Crippen LogP contribution is 2.11. The number of amides is 1. The molecule has 0 fully saturated rings. The van der Waals surface area contributed by atoms with E-state index in [9.17, 15) is 9.59 Å². The van der Waals surface area contributed by atoms with Crippen LogP contribution >= 0.6 is 11.6 Å². The first kappa shape index (κ1) is 14.5. The number of carbonyl (C=O) groups excluding carboxylic acids is 1. The van der Waals surface area contributed by atoms with Crippen LogP contribution in [0.15, 0.2) is 24.3 Å². The van der Waals surface area contributed by atoms with Gasteiger partial charge in [0.25, 0.3) is 0 Å². The number of aliphatic carboxylic acids is 1. The summed E-state index contributed by atoms with van der Waals surface area (Å²) in [7, 11) is 0. The van der Waals surface area contributed by atoms with Gasteiger partial charge in [-0.05, 0) is 24.6 Å². The van der Waals surface area contributed by atoms with Gasteiger partial charge in [0.2, 0.25) is 5.91 Å². The molecule has 0 aliphatic heterocycles. The van der Waals surface area contributed by atoms with E-state index < -0.39 is 5.97 Å². The van der Waals surface area contributed by atoms with Crippen molar-refractivity contribution in [1.29, 1.82) is 0 Å². The number of hydrogen-bond donors (Lipinski definition) is 1. The number of likely N-dealkylation sites (N-methyl/N-ethyl adjacent to an activating group) is 1. The van der Waals surface area contributed by atoms with E-state index >= 15 is 0 Å². The molecule has 18 heavy (non-hydrogen) atoms. The molecular formula is C13H16ClNO3. The Bertz CT molecular complexity index is 417. The molecule has 1 N–H and O–H groups in total. The molecule has 0 bridgehead atoms. The molecule has 0 aromatic heterocycles. The Morgan fingerprint density at radius 2 is 1.89 bits per heavy atom. The number of benzene rings is 1. The third kappa shape index (κ3) is 4.75. The lowest BCUT2D eigenvalue weighted by molar-refractivity contribution is -0.138. The topological polar surface area (TPSA) is 57.6 Å². The highest BCUT2D eigenvalue weighted by atomic mass is 35.5. The van der Waals surface area contributed by atoms with Gasteiger partial charge in [-0.3, -0.25) is 9.59 Å². The van der Waals surface area contributed by atoms with E-state index in [0.29, 0.717) is 11.6 Å². The van der Waals surface area contributed by atoms with Gasteiger partial charge in [-0.2, -0.15) is 0 Å². The van der Waals surface area contributed by atoms with Gasteiger partial charge in [0.15, 0.2) is 0 Å². The summed E-state index contributed by atoms with van der Waals surface area (Å²) < 4.78 is 0. The van der Waals surface area contributed by atoms with Crippen molar-refractivity contribution in [1.82, 2.24) is 4.90 Å². The van der Waals surface area contributed by atoms with Crippen LogP contribution in [0.3, 0.4) is 0 Å². The summed E-state index contributed by atoms with van der Waals surface area (Å²) in [6.45, 7) is 2.60. The van der Waals surface area contributed by atoms with Gasteiger partial charge in [0.1, 0.15) is 0 Å². The van der Waals surface area contributed by atoms with Crippen molar-refractivity contribution in [3.05, 3.63) is 34.9 Å². The first-order valence-corrected chi connectivity index (χ1v) is 6.14. The van der Waals surface area contributed by atoms with Crippen LogP contribution in [0.4, 0.5) is 0 Å². The van der Waals surface area contributed by atoms with E-state index in [0.717, 1.165) is 5.56 Å². The summed E-state index contributed by atoms with van der Waals surface area (Å²) in [5, 5.41) is 9.24. The monoisotopic (exact) mass is 269 g/mol. The number of halogens is 1. The summed E-state index contributed by atoms with van der Waals surface area (Å²) >= 11 is 5.76. The molecule has 0 unspecified atom stereocenters. The molecule has 5 heteroatoms. The summed E-state index contributed by atoms with van der Waals surface area (Å²) in [5.41, 5.74) is 0.873. The minimum Gasteiger partial charge on any atom is -0.481 e. The molecule has 1 aromatic carbocycles. The maximum atomic E-state index is 11.9. The van der Waals surface area contributed by atoms with Crippen molar-refractivity contribution in [2.45, 2.75) is 19.8 Å². The molecule has 4 nitrogen and oxygen atoms in total. The van der Waals surface area contributed by atoms with Gasteiger partial charge < -0.3 is 10.0 Å². The zero-order valence-electron chi connectivity index (χ0n) is 10.2. The Labute approximate surface area is 111 Å². The number of carbonyl (C=O) groups is 2. The lowest BCUT2D eigenvalue weighted by atomic mass is 10.1. The average Bonchev–Trinajstić information content (AvgIpc) is 2.32. The molecule has 0 saturated carbocycles. The average molecular weight is 270 g/mol. The molecule has 1 amide bonds. The Balaban J connectivity index is 2.56. The molecule has 0 heterocycles. The minimum atomic E-state index is -0.896. The van der Waals surface area contributed by atoms with E-state index in [1.54, 1.807) is 29.2 Å². The van der Waals surface area contributed by atoms with Crippen LogP contribution in [-0.2, 0) is 16.0 Å². The zero-order valence-corrected chi connectivity index (χ0v) is 11.0. The highest BCUT2D eigenvalue weighted by molar-refractivity contribution is 6.30. The van der Waals surface area contributed by atoms with Crippen molar-refractivity contribution >= 4 is 23.5 Å². The highest BCUT2D eigenvalue weighted by Gasteiger charge is 2.13. The molecule has 0 radical (unpaired) electrons. The molecule has 0 aliphatic carbocycles. The molecule has 0 aliphatic rings. The van der Waals surface area contributed by atoms with Crippen LogP contribution in [0.5, 0.6) is 0 Å². The van der Waals surface area contributed by atoms with Gasteiger partial charge in [0.05, 0.1) is 12.8 Å². The number of rotatable bonds is 6. The van der Waals surface area contributed by atoms with Crippen molar-refractivity contribution in [2.75, 3.05) is 13.1 Å². The maximum absolute atomic E-state index is 11.9. The predicted molar refractivity (Wildman–Crippen MR) is 69.7 cm³/mol. The van der Waals surface area contributed by atoms with Crippen molar-refractivity contribution < 1.29 is 14.7 Å². The smallest absolute Gasteiger partial charge is 0.305 e. The van der Waals surface area contributed by atoms with Crippen LogP contribution in [-0.4, -0.2) is 35.0 Å². The molecule has 98 valence electrons. The molecule has 1 aromatic rings. The van der Waals surface area contributed by atoms with Gasteiger partial charge in [-0.25, -0.2) is 0 Å². The van der Waals surface area contributed by atoms with Crippen LogP contribution < -0.4 is 0 Å². The molecular weight excluding hydrogens is 254 g/mol. The SMILES string of the molecule is CCN(CCC(=O)O)C(=O)Cc1ccc(Cl)cc1. The fourth-order valence-corrected chi connectivity index (χ4v) is 1.70. The number of nitrogens with zero attached hydrogens (tertiary/aromatic N) is 1. The number of carboxylic acid groups (broad SMARTS) is 1. The molecule has 0 atom stereocenters. The third-order valence-electron chi connectivity index (χ3n) is 2.60. The summed E-state index contributed by atoms with van der Waals surface area (Å²) in [6, 6.07) is 7.06. The van der Waals surface area contributed by atoms with Crippen LogP contribution in [0.1, 0.15) is 18.9 Å². The first-order valence-electron chi connectivity index (χ1n) is 5.77. The second kappa shape index (κ2) is 7.01. The van der Waals surface area contributed by atoms with E-state index in [2.05, 4.69) is 0 Å². The fraction of sp³-hybridized carbons (Fsp3) is 0.385. The normalized spacial score (nSPS) is 10.1. The van der Waals surface area contributed by atoms with Gasteiger partial charge >= 0.3 is 5.97 Å². The van der Waals surface area contributed by atoms with E-state index in [4.69, 9.17) is 16.7 Å². The lowest BCUT2D eigenvalue weighted by Gasteiger charge is -2.20. The number of carboxylic acids is 1. The Hall–Kier alpha value is -1.55. The lowest BCUT2D eigenvalue weighted by Crippen LogP contribution is -2.33. The second-order valence-corrected chi connectivity index (χ2v) is 4.36. The molecule has 0 spiro atoms. The Kier molecular flexibility index (Phi) is 5.65. The van der Waals surface area contributed by atoms with Crippen LogP contribution in [0, 0.1) is 0 Å². The second-order valence-electron chi connectivity index (χ2n) is 3.92. The summed E-state index contributed by atoms with van der Waals surface area (Å²) in [4.78, 5) is 24.0. The largest absolute Gasteiger partial charge is 0.481 e. The van der Waals surface area contributed by atoms with E-state index in [1.165, 1.54) is 0 Å². The van der Waals surface area contributed by atoms with Gasteiger partial charge in [0, 0.05) is 18.1 Å². The standard InChI is InChI=1S/C13H16ClNO3/c1-2-15(8-7-13(17)18)12(16)9-10-3-5-11(14)6-4-10/h3-6H,2,7-9H2,1H3,(H,17,18). The van der Waals surface area contributed by atoms with E-state index in [-0.39, 0.29) is 25.3 Å². The van der Waals surface area contributed by atoms with Crippen molar-refractivity contribution in [3.8, 4) is 0 Å². The van der Waals surface area contributed by atoms with E-state index in [1.807, 2.05) is 6.92 Å². The minimum absolute atomic E-state index is 0.0276. The van der Waals surface area contributed by atoms with Crippen molar-refractivity contribution in [3.63, 3.8) is 0 Å². The van der Waals surface area contributed by atoms with Gasteiger partial charge in [-0.15, -0.1) is 0 Å². The third-order valence-corrected chi connectivity index (χ3v) is 2.85. The van der Waals surface area contributed by atoms with Crippen LogP contribution in [0.2, 0.25) is 5.02 Å². The predicted octanol–water partition coefficient (Wildman–Crippen LogP) is 2.21. The van der Waals surface area contributed by atoms with Crippen LogP contribution in [0.25, 0.3) is 0 Å². The first-order chi connectivity index (χ1) is 8.52. The number of hydrogen-bond acceptors (Lipinski definition) is 2. The zero-order chi connectivity index (χ0) is 13.5. The quantitative estimate of drug-likeness (QED) is 0.861. The molecule has 1 rings (SSSR count). The van der Waals surface area contributed by atoms with Gasteiger partial charge in [-0.1, -0.05) is 23.7 Å². The molecule has 0 saturated heterocycles. The Morgan fingerprint density at radius 3 is 2.39 bits per heavy atom. The maximum Gasteiger partial charge on any atom is 0.305 e. The fourth-order valence-electron chi connectivity index (χ4n) is 1.58. The summed E-state index contributed by atoms with van der Waals surface area (Å²) in [5.74, 6) is -0.964. The van der Waals surface area contributed by atoms with Crippen molar-refractivity contribution in [2.24, 2.45) is 0 Å².